The third-order valence-corrected chi connectivity index (χ3v) is 34.5. The first-order valence-electron chi connectivity index (χ1n) is 22.2. The number of hydrogen-bond acceptors (Lipinski definition) is 8. The minimum absolute atomic E-state index is 0. The third-order valence-electron chi connectivity index (χ3n) is 9.03. The molecule has 4 rings (SSSR count). The molecule has 0 saturated heterocycles. The Kier molecular flexibility index (Phi) is 54.6. The van der Waals surface area contributed by atoms with Crippen LogP contribution in [0.1, 0.15) is 29.2 Å². The standard InChI is InChI=1S/2C13H26N2P3.C8H11Cl5N2P3.C8H11P.Cl6NP2.Cl5P.3ClH.H2O/c2*1-15(18(5,6)14-17(2,3)4)11-12-7-9-13(16)10-8-12;1-15(18(12,13)14-17(9,10)11)6-7-2-4-8(16)5-3-7;1-2-7-3-5-8(9)6-4-7;1-8(2,3)7-9(4,5)6;1-6(2,3,4)5;;;;/h2*7-10H,11,16H2,1-6H3;2-5H,6,16H2,1H3;3-6H,2,9H2,1H3;;;3*1H;1H2/q3*+1;;+1;;;;;/p-4. The predicted molar refractivity (Wildman–Crippen MR) is 414 cm³/mol. The quantitative estimate of drug-likeness (QED) is 0.118. The van der Waals surface area contributed by atoms with E-state index in [1.54, 1.807) is 11.7 Å². The fraction of sp³-hybridized carbons (Fsp3) is 0.429. The number of aryl methyl sites for hydroxylation is 1. The maximum absolute atomic E-state index is 6.16. The minimum atomic E-state index is -3.69. The molecule has 0 radical (unpaired) electrons. The molecule has 0 aromatic heterocycles. The van der Waals surface area contributed by atoms with Crippen LogP contribution >= 0.6 is 271 Å². The summed E-state index contributed by atoms with van der Waals surface area (Å²) in [5.41, 5.74) is 2.34. The number of benzene rings is 4. The molecule has 0 heterocycles. The monoisotopic (exact) mass is 1760 g/mol. The second-order valence-electron chi connectivity index (χ2n) is 19.0. The predicted octanol–water partition coefficient (Wildman–Crippen LogP) is 17.0. The van der Waals surface area contributed by atoms with Crippen molar-refractivity contribution in [2.24, 2.45) is 18.1 Å². The summed E-state index contributed by atoms with van der Waals surface area (Å²) in [7, 11) is 12.1. The van der Waals surface area contributed by atoms with Gasteiger partial charge in [-0.1, -0.05) is 104 Å². The van der Waals surface area contributed by atoms with Gasteiger partial charge in [-0.2, -0.15) is 9.34 Å². The Hall–Kier alpha value is 7.02. The Labute approximate surface area is 600 Å². The van der Waals surface area contributed by atoms with Crippen LogP contribution in [0.15, 0.2) is 115 Å². The smallest absolute Gasteiger partial charge is 0.423 e. The van der Waals surface area contributed by atoms with E-state index in [1.165, 1.54) is 32.6 Å². The van der Waals surface area contributed by atoms with E-state index in [0.29, 0.717) is 6.54 Å². The van der Waals surface area contributed by atoms with Gasteiger partial charge in [-0.05, 0) is 166 Å². The molecule has 82 heavy (non-hydrogen) atoms. The van der Waals surface area contributed by atoms with E-state index in [0.717, 1.165) is 30.4 Å². The van der Waals surface area contributed by atoms with Crippen molar-refractivity contribution in [3.63, 3.8) is 0 Å². The molecular weight excluding hydrogens is 1690 g/mol. The second kappa shape index (κ2) is 44.8. The molecule has 0 aliphatic heterocycles. The van der Waals surface area contributed by atoms with E-state index in [1.807, 2.05) is 24.3 Å². The van der Waals surface area contributed by atoms with Gasteiger partial charge in [0, 0.05) is 35.3 Å². The van der Waals surface area contributed by atoms with Crippen LogP contribution in [0.3, 0.4) is 0 Å². The van der Waals surface area contributed by atoms with Crippen molar-refractivity contribution in [3.8, 4) is 0 Å². The summed E-state index contributed by atoms with van der Waals surface area (Å²) in [6.45, 7) is 27.6. The summed E-state index contributed by atoms with van der Waals surface area (Å²) >= 11 is 85.9. The Morgan fingerprint density at radius 1 is 0.415 bits per heavy atom. The van der Waals surface area contributed by atoms with Gasteiger partial charge >= 0.3 is 71.3 Å². The molecule has 0 fully saturated rings. The van der Waals surface area contributed by atoms with Crippen LogP contribution in [-0.2, 0) is 26.1 Å². The van der Waals surface area contributed by atoms with E-state index in [-0.39, 0.29) is 42.7 Å². The first-order valence-corrected chi connectivity index (χ1v) is 59.5. The van der Waals surface area contributed by atoms with Crippen LogP contribution in [0, 0.1) is 0 Å². The molecule has 482 valence electrons. The van der Waals surface area contributed by atoms with E-state index < -0.39 is 54.6 Å². The molecule has 0 amide bonds. The van der Waals surface area contributed by atoms with Crippen LogP contribution < -0.4 is 58.4 Å². The molecule has 0 saturated carbocycles. The van der Waals surface area contributed by atoms with Crippen molar-refractivity contribution in [2.75, 3.05) is 87.8 Å². The average molecular weight is 1770 g/mol. The van der Waals surface area contributed by atoms with Crippen molar-refractivity contribution in [1.29, 1.82) is 0 Å². The second-order valence-corrected chi connectivity index (χ2v) is 81.0. The zero-order valence-electron chi connectivity index (χ0n) is 47.2. The number of rotatable bonds is 14. The van der Waals surface area contributed by atoms with Crippen LogP contribution in [0.25, 0.3) is 0 Å². The summed E-state index contributed by atoms with van der Waals surface area (Å²) in [6, 6.07) is 33.9. The normalized spacial score (nSPS) is 12.4. The van der Waals surface area contributed by atoms with Gasteiger partial charge in [-0.3, -0.25) is 0 Å². The Bertz CT molecular complexity index is 2390. The number of hydrogen-bond donors (Lipinski definition) is 0. The number of nitrogens with zero attached hydrogens (tertiary/aromatic N) is 7. The van der Waals surface area contributed by atoms with Crippen LogP contribution in [0.4, 0.5) is 0 Å². The summed E-state index contributed by atoms with van der Waals surface area (Å²) in [5.74, 6) is 0. The molecule has 0 aliphatic rings. The first kappa shape index (κ1) is 100. The van der Waals surface area contributed by atoms with E-state index in [9.17, 15) is 0 Å². The van der Waals surface area contributed by atoms with Gasteiger partial charge < -0.3 is 42.7 Å². The first-order chi connectivity index (χ1) is 34.6. The van der Waals surface area contributed by atoms with Crippen molar-refractivity contribution in [2.45, 2.75) is 33.0 Å². The average Bonchev–Trinajstić information content (AvgIpc) is 3.20. The zero-order chi connectivity index (χ0) is 61.8. The maximum Gasteiger partial charge on any atom is 0.423 e. The molecule has 4 unspecified atom stereocenters. The van der Waals surface area contributed by atoms with Crippen molar-refractivity contribution >= 4 is 293 Å². The fourth-order valence-electron chi connectivity index (χ4n) is 5.60. The van der Waals surface area contributed by atoms with Crippen LogP contribution in [-0.4, -0.2) is 107 Å². The molecule has 40 heteroatoms. The van der Waals surface area contributed by atoms with Crippen molar-refractivity contribution in [1.82, 2.24) is 14.0 Å². The van der Waals surface area contributed by atoms with Gasteiger partial charge in [-0.25, -0.2) is 0 Å². The van der Waals surface area contributed by atoms with E-state index in [4.69, 9.17) is 189 Å². The summed E-state index contributed by atoms with van der Waals surface area (Å²) in [5, 5.41) is -0.926. The fourth-order valence-corrected chi connectivity index (χ4v) is 36.7. The molecule has 8 nitrogen and oxygen atoms in total. The van der Waals surface area contributed by atoms with Gasteiger partial charge in [0.25, 0.3) is 10.2 Å². The SMILES string of the molecule is CCc1ccc(P)cc1.CN(Cc1ccc(P)cc1)[P+](C)(C)N=P(C)(C)C.CN(Cc1ccc(P)cc1)[P+](C)(C)N=P(C)(C)C.CN(Cc1ccc(P)cc1)[P+](Cl)(Cl)N=P(Cl)(Cl)Cl.ClP(Cl)(Cl)(Cl)Cl.ClP(Cl)(Cl)=N[P+](Cl)(Cl)Cl.[Cl-].[Cl-].[Cl-].[OH-]. The molecule has 0 bridgehead atoms. The Balaban J connectivity index is -0.000000217. The van der Waals surface area contributed by atoms with Gasteiger partial charge in [0.05, 0.1) is 46.3 Å². The molecule has 0 spiro atoms. The minimum Gasteiger partial charge on any atom is -1.00 e. The molecule has 4 atom stereocenters. The van der Waals surface area contributed by atoms with Gasteiger partial charge in [-0.15, -0.1) is 50.7 Å². The number of halogens is 19. The largest absolute Gasteiger partial charge is 1.00 e. The molecule has 1 N–H and O–H groups in total. The zero-order valence-corrected chi connectivity index (χ0v) is 74.2. The summed E-state index contributed by atoms with van der Waals surface area (Å²) in [6.07, 6.45) is -1.65. The van der Waals surface area contributed by atoms with E-state index >= 15 is 0 Å². The molecule has 4 aromatic carbocycles. The van der Waals surface area contributed by atoms with Crippen LogP contribution in [0.2, 0.25) is 0 Å². The van der Waals surface area contributed by atoms with Gasteiger partial charge in [0.15, 0.2) is 71.3 Å². The topological polar surface area (TPSA) is 89.2 Å². The summed E-state index contributed by atoms with van der Waals surface area (Å²) in [4.78, 5) is 0. The summed E-state index contributed by atoms with van der Waals surface area (Å²) < 4.78 is 20.3. The Morgan fingerprint density at radius 2 is 0.622 bits per heavy atom. The van der Waals surface area contributed by atoms with Crippen LogP contribution in [0.5, 0.6) is 0 Å². The Morgan fingerprint density at radius 3 is 0.793 bits per heavy atom. The third kappa shape index (κ3) is 60.7. The maximum atomic E-state index is 6.16. The molecule has 4 aromatic rings. The molecular formula is C42H75Cl19N7OP13. The van der Waals surface area contributed by atoms with E-state index in [2.05, 4.69) is 216 Å². The van der Waals surface area contributed by atoms with Gasteiger partial charge in [0.1, 0.15) is 0 Å². The molecule has 0 aliphatic carbocycles. The van der Waals surface area contributed by atoms with Crippen molar-refractivity contribution in [3.05, 3.63) is 119 Å². The van der Waals surface area contributed by atoms with Gasteiger partial charge in [0.2, 0.25) is 0 Å². The van der Waals surface area contributed by atoms with Crippen molar-refractivity contribution < 1.29 is 42.7 Å².